The third-order valence-electron chi connectivity index (χ3n) is 5.51. The lowest BCUT2D eigenvalue weighted by atomic mass is 10.1. The third kappa shape index (κ3) is 4.72. The SMILES string of the molecule is COc1cc(/C=C/c2cc(N3CCOCC3)c3ccccc3[n+]2C)cc(OC)c1O.[I-]. The Morgan fingerprint density at radius 2 is 1.65 bits per heavy atom. The molecule has 2 heterocycles. The van der Waals surface area contributed by atoms with Crippen molar-refractivity contribution < 1.29 is 47.9 Å². The molecule has 6 nitrogen and oxygen atoms in total. The number of hydrogen-bond donors (Lipinski definition) is 1. The summed E-state index contributed by atoms with van der Waals surface area (Å²) < 4.78 is 18.3. The van der Waals surface area contributed by atoms with Crippen LogP contribution in [0.2, 0.25) is 0 Å². The Balaban J connectivity index is 0.00000272. The molecule has 0 aliphatic carbocycles. The number of ether oxygens (including phenoxy) is 3. The molecule has 0 saturated carbocycles. The average Bonchev–Trinajstić information content (AvgIpc) is 2.80. The lowest BCUT2D eigenvalue weighted by Crippen LogP contribution is -3.00. The largest absolute Gasteiger partial charge is 1.00 e. The van der Waals surface area contributed by atoms with Crippen molar-refractivity contribution in [2.45, 2.75) is 0 Å². The molecule has 31 heavy (non-hydrogen) atoms. The Bertz CT molecular complexity index is 1070. The van der Waals surface area contributed by atoms with Gasteiger partial charge in [0, 0.05) is 31.3 Å². The van der Waals surface area contributed by atoms with Gasteiger partial charge in [0.05, 0.1) is 38.5 Å². The van der Waals surface area contributed by atoms with Gasteiger partial charge in [-0.2, -0.15) is 4.57 Å². The predicted octanol–water partition coefficient (Wildman–Crippen LogP) is 0.398. The second kappa shape index (κ2) is 10.2. The number of phenolic OH excluding ortho intramolecular Hbond substituents is 1. The Morgan fingerprint density at radius 3 is 2.29 bits per heavy atom. The predicted molar refractivity (Wildman–Crippen MR) is 118 cm³/mol. The van der Waals surface area contributed by atoms with Gasteiger partial charge < -0.3 is 48.2 Å². The molecule has 0 amide bonds. The van der Waals surface area contributed by atoms with Crippen molar-refractivity contribution >= 4 is 28.7 Å². The van der Waals surface area contributed by atoms with Crippen molar-refractivity contribution in [2.75, 3.05) is 45.4 Å². The number of fused-ring (bicyclic) bond motifs is 1. The summed E-state index contributed by atoms with van der Waals surface area (Å²) in [5.41, 5.74) is 4.33. The molecule has 2 aromatic carbocycles. The summed E-state index contributed by atoms with van der Waals surface area (Å²) in [5.74, 6) is 0.764. The number of aromatic nitrogens is 1. The summed E-state index contributed by atoms with van der Waals surface area (Å²) >= 11 is 0. The summed E-state index contributed by atoms with van der Waals surface area (Å²) in [6, 6.07) is 14.3. The number of morpholine rings is 1. The van der Waals surface area contributed by atoms with Gasteiger partial charge in [-0.05, 0) is 29.8 Å². The van der Waals surface area contributed by atoms with E-state index in [1.54, 1.807) is 12.1 Å². The number of nitrogens with zero attached hydrogens (tertiary/aromatic N) is 2. The zero-order valence-electron chi connectivity index (χ0n) is 18.0. The normalized spacial score (nSPS) is 14.0. The Labute approximate surface area is 199 Å². The summed E-state index contributed by atoms with van der Waals surface area (Å²) in [6.07, 6.45) is 4.07. The van der Waals surface area contributed by atoms with Crippen molar-refractivity contribution in [3.63, 3.8) is 0 Å². The molecular formula is C24H27IN2O4. The average molecular weight is 534 g/mol. The highest BCUT2D eigenvalue weighted by molar-refractivity contribution is 5.91. The number of benzene rings is 2. The first-order chi connectivity index (χ1) is 14.6. The molecule has 0 atom stereocenters. The van der Waals surface area contributed by atoms with Gasteiger partial charge in [0.2, 0.25) is 17.0 Å². The van der Waals surface area contributed by atoms with E-state index < -0.39 is 0 Å². The van der Waals surface area contributed by atoms with Crippen LogP contribution in [0.1, 0.15) is 11.3 Å². The van der Waals surface area contributed by atoms with Crippen LogP contribution in [0, 0.1) is 0 Å². The number of rotatable bonds is 5. The molecular weight excluding hydrogens is 507 g/mol. The number of phenols is 1. The van der Waals surface area contributed by atoms with Crippen LogP contribution in [0.4, 0.5) is 5.69 Å². The van der Waals surface area contributed by atoms with E-state index in [-0.39, 0.29) is 29.7 Å². The van der Waals surface area contributed by atoms with E-state index in [1.165, 1.54) is 30.8 Å². The summed E-state index contributed by atoms with van der Waals surface area (Å²) in [6.45, 7) is 3.25. The minimum Gasteiger partial charge on any atom is -1.00 e. The number of aryl methyl sites for hydroxylation is 1. The lowest BCUT2D eigenvalue weighted by molar-refractivity contribution is -0.646. The fraction of sp³-hybridized carbons (Fsp3) is 0.292. The molecule has 4 rings (SSSR count). The first kappa shape index (κ1) is 23.1. The number of hydrogen-bond acceptors (Lipinski definition) is 5. The second-order valence-corrected chi connectivity index (χ2v) is 7.24. The van der Waals surface area contributed by atoms with Crippen LogP contribution in [-0.2, 0) is 11.8 Å². The number of methoxy groups -OCH3 is 2. The van der Waals surface area contributed by atoms with Crippen LogP contribution >= 0.6 is 0 Å². The number of aromatic hydroxyl groups is 1. The van der Waals surface area contributed by atoms with E-state index in [9.17, 15) is 5.11 Å². The molecule has 0 bridgehead atoms. The lowest BCUT2D eigenvalue weighted by Gasteiger charge is -2.29. The zero-order chi connectivity index (χ0) is 21.1. The van der Waals surface area contributed by atoms with Gasteiger partial charge in [0.25, 0.3) is 0 Å². The summed E-state index contributed by atoms with van der Waals surface area (Å²) in [7, 11) is 5.13. The van der Waals surface area contributed by atoms with Gasteiger partial charge >= 0.3 is 0 Å². The van der Waals surface area contributed by atoms with E-state index in [0.29, 0.717) is 11.5 Å². The van der Waals surface area contributed by atoms with E-state index in [1.807, 2.05) is 6.08 Å². The molecule has 1 fully saturated rings. The van der Waals surface area contributed by atoms with Gasteiger partial charge in [-0.25, -0.2) is 0 Å². The maximum absolute atomic E-state index is 10.1. The molecule has 1 N–H and O–H groups in total. The Hall–Kier alpha value is -2.52. The first-order valence-electron chi connectivity index (χ1n) is 10.00. The fourth-order valence-corrected chi connectivity index (χ4v) is 3.85. The highest BCUT2D eigenvalue weighted by atomic mass is 127. The van der Waals surface area contributed by atoms with Crippen LogP contribution in [-0.4, -0.2) is 45.6 Å². The minimum absolute atomic E-state index is 0. The number of halogens is 1. The molecule has 0 unspecified atom stereocenters. The van der Waals surface area contributed by atoms with Crippen LogP contribution in [0.15, 0.2) is 42.5 Å². The topological polar surface area (TPSA) is 55.0 Å². The van der Waals surface area contributed by atoms with Crippen molar-refractivity contribution in [3.05, 3.63) is 53.7 Å². The quantitative estimate of drug-likeness (QED) is 0.380. The van der Waals surface area contributed by atoms with Crippen LogP contribution < -0.4 is 42.9 Å². The molecule has 1 saturated heterocycles. The van der Waals surface area contributed by atoms with Crippen molar-refractivity contribution in [1.82, 2.24) is 0 Å². The molecule has 1 aliphatic heterocycles. The van der Waals surface area contributed by atoms with Crippen LogP contribution in [0.5, 0.6) is 17.2 Å². The van der Waals surface area contributed by atoms with Gasteiger partial charge in [0.1, 0.15) is 7.05 Å². The smallest absolute Gasteiger partial charge is 0.214 e. The van der Waals surface area contributed by atoms with E-state index in [4.69, 9.17) is 14.2 Å². The van der Waals surface area contributed by atoms with Crippen molar-refractivity contribution in [2.24, 2.45) is 7.05 Å². The number of pyridine rings is 1. The first-order valence-corrected chi connectivity index (χ1v) is 10.00. The third-order valence-corrected chi connectivity index (χ3v) is 5.51. The molecule has 0 radical (unpaired) electrons. The van der Waals surface area contributed by atoms with Gasteiger partial charge in [-0.3, -0.25) is 0 Å². The van der Waals surface area contributed by atoms with Gasteiger partial charge in [-0.1, -0.05) is 12.1 Å². The fourth-order valence-electron chi connectivity index (χ4n) is 3.85. The molecule has 1 aromatic heterocycles. The molecule has 1 aliphatic rings. The summed E-state index contributed by atoms with van der Waals surface area (Å²) in [5, 5.41) is 11.4. The molecule has 3 aromatic rings. The maximum Gasteiger partial charge on any atom is 0.214 e. The van der Waals surface area contributed by atoms with E-state index in [0.717, 1.165) is 37.6 Å². The van der Waals surface area contributed by atoms with Crippen LogP contribution in [0.3, 0.4) is 0 Å². The summed E-state index contributed by atoms with van der Waals surface area (Å²) in [4.78, 5) is 2.38. The Morgan fingerprint density at radius 1 is 1.00 bits per heavy atom. The van der Waals surface area contributed by atoms with Gasteiger partial charge in [-0.15, -0.1) is 0 Å². The standard InChI is InChI=1S/C24H26N2O4.HI/c1-25-18(9-8-17-14-22(28-2)24(27)23(15-17)29-3)16-21(26-10-12-30-13-11-26)19-6-4-5-7-20(19)25;/h4-9,14-16H,10-13H2,1-3H3;1H. The second-order valence-electron chi connectivity index (χ2n) is 7.24. The van der Waals surface area contributed by atoms with Gasteiger partial charge in [0.15, 0.2) is 11.5 Å². The number of para-hydroxylation sites is 1. The Kier molecular flexibility index (Phi) is 7.61. The van der Waals surface area contributed by atoms with Crippen molar-refractivity contribution in [1.29, 1.82) is 0 Å². The van der Waals surface area contributed by atoms with Crippen LogP contribution in [0.25, 0.3) is 23.1 Å². The number of anilines is 1. The van der Waals surface area contributed by atoms with E-state index >= 15 is 0 Å². The maximum atomic E-state index is 10.1. The molecule has 0 spiro atoms. The van der Waals surface area contributed by atoms with Crippen molar-refractivity contribution in [3.8, 4) is 17.2 Å². The monoisotopic (exact) mass is 534 g/mol. The molecule has 7 heteroatoms. The highest BCUT2D eigenvalue weighted by Gasteiger charge is 2.20. The highest BCUT2D eigenvalue weighted by Crippen LogP contribution is 2.37. The van der Waals surface area contributed by atoms with E-state index in [2.05, 4.69) is 52.9 Å². The minimum atomic E-state index is 0. The zero-order valence-corrected chi connectivity index (χ0v) is 20.1. The molecule has 164 valence electrons.